The fraction of sp³-hybridized carbons (Fsp3) is 0.385. The second kappa shape index (κ2) is 4.65. The van der Waals surface area contributed by atoms with Crippen molar-refractivity contribution in [2.45, 2.75) is 13.0 Å². The number of rotatable bonds is 1. The monoisotopic (exact) mass is 284 g/mol. The first kappa shape index (κ1) is 12.2. The van der Waals surface area contributed by atoms with Crippen LogP contribution in [0.2, 0.25) is 10.0 Å². The molecule has 0 radical (unpaired) electrons. The lowest BCUT2D eigenvalue weighted by molar-refractivity contribution is 0.483. The van der Waals surface area contributed by atoms with Gasteiger partial charge in [-0.3, -0.25) is 0 Å². The fourth-order valence-electron chi connectivity index (χ4n) is 2.48. The predicted molar refractivity (Wildman–Crippen MR) is 75.9 cm³/mol. The quantitative estimate of drug-likeness (QED) is 0.868. The van der Waals surface area contributed by atoms with Crippen LogP contribution in [-0.4, -0.2) is 25.7 Å². The van der Waals surface area contributed by atoms with Gasteiger partial charge in [0.15, 0.2) is 5.58 Å². The summed E-state index contributed by atoms with van der Waals surface area (Å²) < 4.78 is 5.57. The van der Waals surface area contributed by atoms with Crippen molar-refractivity contribution in [1.82, 2.24) is 5.32 Å². The summed E-state index contributed by atoms with van der Waals surface area (Å²) in [6.07, 6.45) is 1.65. The number of piperazine rings is 1. The zero-order valence-electron chi connectivity index (χ0n) is 10.0. The Labute approximate surface area is 116 Å². The van der Waals surface area contributed by atoms with Crippen molar-refractivity contribution in [3.8, 4) is 0 Å². The van der Waals surface area contributed by atoms with Crippen LogP contribution >= 0.6 is 23.2 Å². The largest absolute Gasteiger partial charge is 0.462 e. The molecule has 1 aromatic heterocycles. The lowest BCUT2D eigenvalue weighted by Gasteiger charge is -2.34. The molecular weight excluding hydrogens is 271 g/mol. The lowest BCUT2D eigenvalue weighted by atomic mass is 10.1. The molecular formula is C13H14Cl2N2O. The molecule has 2 heterocycles. The average molecular weight is 285 g/mol. The highest BCUT2D eigenvalue weighted by Gasteiger charge is 2.22. The highest BCUT2D eigenvalue weighted by Crippen LogP contribution is 2.39. The van der Waals surface area contributed by atoms with Gasteiger partial charge in [-0.25, -0.2) is 0 Å². The number of anilines is 1. The van der Waals surface area contributed by atoms with E-state index in [0.717, 1.165) is 36.3 Å². The highest BCUT2D eigenvalue weighted by molar-refractivity contribution is 6.40. The molecule has 1 fully saturated rings. The molecule has 1 unspecified atom stereocenters. The van der Waals surface area contributed by atoms with Crippen molar-refractivity contribution in [3.63, 3.8) is 0 Å². The van der Waals surface area contributed by atoms with E-state index in [-0.39, 0.29) is 0 Å². The molecule has 1 aliphatic rings. The molecule has 5 heteroatoms. The second-order valence-corrected chi connectivity index (χ2v) is 5.47. The SMILES string of the molecule is CC1CN(c2c(Cl)cc(Cl)c3ccoc23)CCN1. The molecule has 0 saturated carbocycles. The van der Waals surface area contributed by atoms with E-state index in [1.807, 2.05) is 6.07 Å². The number of nitrogens with one attached hydrogen (secondary N) is 1. The standard InChI is InChI=1S/C13H14Cl2N2O/c1-8-7-17(4-3-16-8)12-11(15)6-10(14)9-2-5-18-13(9)12/h2,5-6,8,16H,3-4,7H2,1H3. The number of hydrogen-bond donors (Lipinski definition) is 1. The minimum absolute atomic E-state index is 0.440. The van der Waals surface area contributed by atoms with Crippen molar-refractivity contribution in [2.75, 3.05) is 24.5 Å². The maximum absolute atomic E-state index is 6.34. The molecule has 2 aromatic rings. The summed E-state index contributed by atoms with van der Waals surface area (Å²) in [5.41, 5.74) is 1.73. The number of hydrogen-bond acceptors (Lipinski definition) is 3. The zero-order chi connectivity index (χ0) is 12.7. The maximum atomic E-state index is 6.34. The van der Waals surface area contributed by atoms with Crippen LogP contribution in [-0.2, 0) is 0 Å². The first-order valence-electron chi connectivity index (χ1n) is 6.00. The molecule has 0 bridgehead atoms. The van der Waals surface area contributed by atoms with E-state index in [4.69, 9.17) is 27.6 Å². The molecule has 3 rings (SSSR count). The van der Waals surface area contributed by atoms with Gasteiger partial charge in [0.1, 0.15) is 0 Å². The zero-order valence-corrected chi connectivity index (χ0v) is 11.6. The number of benzene rings is 1. The van der Waals surface area contributed by atoms with Crippen molar-refractivity contribution >= 4 is 39.9 Å². The Morgan fingerprint density at radius 2 is 2.22 bits per heavy atom. The van der Waals surface area contributed by atoms with E-state index >= 15 is 0 Å². The molecule has 0 aliphatic carbocycles. The Hall–Kier alpha value is -0.900. The van der Waals surface area contributed by atoms with Crippen LogP contribution in [0.15, 0.2) is 22.8 Å². The van der Waals surface area contributed by atoms with Gasteiger partial charge < -0.3 is 14.6 Å². The van der Waals surface area contributed by atoms with Gasteiger partial charge in [-0.1, -0.05) is 23.2 Å². The van der Waals surface area contributed by atoms with Gasteiger partial charge in [0.25, 0.3) is 0 Å². The third kappa shape index (κ3) is 1.96. The Balaban J connectivity index is 2.13. The Kier molecular flexibility index (Phi) is 3.14. The molecule has 1 aromatic carbocycles. The van der Waals surface area contributed by atoms with Gasteiger partial charge in [-0.05, 0) is 19.1 Å². The van der Waals surface area contributed by atoms with Gasteiger partial charge in [-0.15, -0.1) is 0 Å². The van der Waals surface area contributed by atoms with Crippen molar-refractivity contribution < 1.29 is 4.42 Å². The van der Waals surface area contributed by atoms with Crippen LogP contribution in [0.1, 0.15) is 6.92 Å². The topological polar surface area (TPSA) is 28.4 Å². The van der Waals surface area contributed by atoms with Gasteiger partial charge >= 0.3 is 0 Å². The van der Waals surface area contributed by atoms with E-state index in [2.05, 4.69) is 17.1 Å². The minimum atomic E-state index is 0.440. The summed E-state index contributed by atoms with van der Waals surface area (Å²) in [4.78, 5) is 2.26. The number of furan rings is 1. The fourth-order valence-corrected chi connectivity index (χ4v) is 3.10. The van der Waals surface area contributed by atoms with Gasteiger partial charge in [0.05, 0.1) is 22.0 Å². The molecule has 1 atom stereocenters. The third-order valence-corrected chi connectivity index (χ3v) is 3.90. The van der Waals surface area contributed by atoms with Crippen LogP contribution in [0, 0.1) is 0 Å². The van der Waals surface area contributed by atoms with Crippen molar-refractivity contribution in [1.29, 1.82) is 0 Å². The highest BCUT2D eigenvalue weighted by atomic mass is 35.5. The number of nitrogens with zero attached hydrogens (tertiary/aromatic N) is 1. The van der Waals surface area contributed by atoms with E-state index in [1.54, 1.807) is 12.3 Å². The van der Waals surface area contributed by atoms with Crippen LogP contribution < -0.4 is 10.2 Å². The predicted octanol–water partition coefficient (Wildman–Crippen LogP) is 3.54. The van der Waals surface area contributed by atoms with E-state index in [9.17, 15) is 0 Å². The molecule has 1 aliphatic heterocycles. The smallest absolute Gasteiger partial charge is 0.160 e. The summed E-state index contributed by atoms with van der Waals surface area (Å²) in [6.45, 7) is 4.94. The molecule has 96 valence electrons. The molecule has 1 N–H and O–H groups in total. The molecule has 3 nitrogen and oxygen atoms in total. The first-order chi connectivity index (χ1) is 8.66. The number of halogens is 2. The lowest BCUT2D eigenvalue weighted by Crippen LogP contribution is -2.49. The summed E-state index contributed by atoms with van der Waals surface area (Å²) in [6, 6.07) is 4.11. The van der Waals surface area contributed by atoms with Crippen LogP contribution in [0.4, 0.5) is 5.69 Å². The average Bonchev–Trinajstić information content (AvgIpc) is 2.78. The summed E-state index contributed by atoms with van der Waals surface area (Å²) in [5.74, 6) is 0. The Bertz CT molecular complexity index is 582. The molecule has 1 saturated heterocycles. The minimum Gasteiger partial charge on any atom is -0.462 e. The van der Waals surface area contributed by atoms with Crippen LogP contribution in [0.25, 0.3) is 11.0 Å². The van der Waals surface area contributed by atoms with Gasteiger partial charge in [0.2, 0.25) is 0 Å². The molecule has 0 amide bonds. The van der Waals surface area contributed by atoms with Crippen molar-refractivity contribution in [2.24, 2.45) is 0 Å². The molecule has 18 heavy (non-hydrogen) atoms. The van der Waals surface area contributed by atoms with E-state index in [0.29, 0.717) is 16.1 Å². The maximum Gasteiger partial charge on any atom is 0.160 e. The Morgan fingerprint density at radius 1 is 1.39 bits per heavy atom. The van der Waals surface area contributed by atoms with Crippen LogP contribution in [0.3, 0.4) is 0 Å². The number of fused-ring (bicyclic) bond motifs is 1. The molecule has 0 spiro atoms. The van der Waals surface area contributed by atoms with Gasteiger partial charge in [-0.2, -0.15) is 0 Å². The third-order valence-electron chi connectivity index (χ3n) is 3.30. The van der Waals surface area contributed by atoms with Crippen molar-refractivity contribution in [3.05, 3.63) is 28.4 Å². The van der Waals surface area contributed by atoms with Gasteiger partial charge in [0, 0.05) is 31.1 Å². The second-order valence-electron chi connectivity index (χ2n) is 4.65. The summed E-state index contributed by atoms with van der Waals surface area (Å²) in [7, 11) is 0. The summed E-state index contributed by atoms with van der Waals surface area (Å²) in [5, 5.41) is 5.62. The van der Waals surface area contributed by atoms with Crippen LogP contribution in [0.5, 0.6) is 0 Å². The summed E-state index contributed by atoms with van der Waals surface area (Å²) >= 11 is 12.5. The first-order valence-corrected chi connectivity index (χ1v) is 6.76. The van der Waals surface area contributed by atoms with E-state index in [1.165, 1.54) is 0 Å². The normalized spacial score (nSPS) is 20.6. The Morgan fingerprint density at radius 3 is 3.00 bits per heavy atom. The van der Waals surface area contributed by atoms with E-state index < -0.39 is 0 Å².